The van der Waals surface area contributed by atoms with Gasteiger partial charge in [-0.05, 0) is 25.7 Å². The Morgan fingerprint density at radius 3 is 2.82 bits per heavy atom. The maximum absolute atomic E-state index is 12.0. The normalized spacial score (nSPS) is 26.5. The van der Waals surface area contributed by atoms with Gasteiger partial charge in [0, 0.05) is 18.5 Å². The van der Waals surface area contributed by atoms with Crippen molar-refractivity contribution in [3.05, 3.63) is 10.6 Å². The third-order valence-electron chi connectivity index (χ3n) is 3.81. The van der Waals surface area contributed by atoms with Crippen LogP contribution >= 0.6 is 11.3 Å². The number of hydrogen-bond acceptors (Lipinski definition) is 4. The number of fused-ring (bicyclic) bond motifs is 1. The molecule has 2 fully saturated rings. The van der Waals surface area contributed by atoms with Gasteiger partial charge in [0.2, 0.25) is 0 Å². The van der Waals surface area contributed by atoms with Crippen LogP contribution in [0.4, 0.5) is 5.13 Å². The third kappa shape index (κ3) is 1.79. The maximum atomic E-state index is 12.0. The second kappa shape index (κ2) is 3.80. The van der Waals surface area contributed by atoms with Crippen molar-refractivity contribution in [3.63, 3.8) is 0 Å². The molecule has 0 amide bonds. The lowest BCUT2D eigenvalue weighted by molar-refractivity contribution is 0.0942. The van der Waals surface area contributed by atoms with Gasteiger partial charge in [-0.25, -0.2) is 4.98 Å². The van der Waals surface area contributed by atoms with E-state index in [4.69, 9.17) is 0 Å². The molecule has 1 aromatic heterocycles. The summed E-state index contributed by atoms with van der Waals surface area (Å²) >= 11 is 1.59. The topological polar surface area (TPSA) is 33.2 Å². The van der Waals surface area contributed by atoms with Gasteiger partial charge in [0.1, 0.15) is 0 Å². The fourth-order valence-electron chi connectivity index (χ4n) is 2.63. The molecule has 3 nitrogen and oxygen atoms in total. The highest BCUT2D eigenvalue weighted by Gasteiger charge is 2.47. The summed E-state index contributed by atoms with van der Waals surface area (Å²) in [6.07, 6.45) is 2.63. The molecule has 1 aliphatic heterocycles. The molecule has 2 atom stereocenters. The number of hydrogen-bond donors (Lipinski definition) is 0. The van der Waals surface area contributed by atoms with Crippen molar-refractivity contribution < 1.29 is 4.79 Å². The molecule has 1 saturated carbocycles. The maximum Gasteiger partial charge on any atom is 0.186 e. The number of anilines is 1. The Labute approximate surface area is 106 Å². The van der Waals surface area contributed by atoms with Crippen LogP contribution in [0.25, 0.3) is 0 Å². The Morgan fingerprint density at radius 1 is 1.53 bits per heavy atom. The van der Waals surface area contributed by atoms with Gasteiger partial charge in [-0.1, -0.05) is 25.2 Å². The quantitative estimate of drug-likeness (QED) is 0.773. The number of ketones is 1. The van der Waals surface area contributed by atoms with Gasteiger partial charge in [-0.2, -0.15) is 0 Å². The van der Waals surface area contributed by atoms with Gasteiger partial charge in [0.05, 0.1) is 10.6 Å². The lowest BCUT2D eigenvalue weighted by Crippen LogP contribution is -2.21. The van der Waals surface area contributed by atoms with Crippen LogP contribution in [0.3, 0.4) is 0 Å². The Bertz CT molecular complexity index is 466. The molecule has 2 aliphatic rings. The molecule has 1 saturated heterocycles. The van der Waals surface area contributed by atoms with Crippen molar-refractivity contribution in [2.75, 3.05) is 11.4 Å². The monoisotopic (exact) mass is 250 g/mol. The molecule has 0 unspecified atom stereocenters. The highest BCUT2D eigenvalue weighted by Crippen LogP contribution is 2.47. The first kappa shape index (κ1) is 11.2. The zero-order valence-corrected chi connectivity index (χ0v) is 11.4. The van der Waals surface area contributed by atoms with E-state index in [0.717, 1.165) is 34.2 Å². The van der Waals surface area contributed by atoms with Gasteiger partial charge in [0.15, 0.2) is 10.9 Å². The van der Waals surface area contributed by atoms with E-state index in [9.17, 15) is 4.79 Å². The van der Waals surface area contributed by atoms with Crippen molar-refractivity contribution in [2.45, 2.75) is 39.7 Å². The molecule has 2 heterocycles. The molecule has 0 bridgehead atoms. The number of carbonyl (C=O) groups excluding carboxylic acids is 1. The SMILES string of the molecule is Cc1nc(N2CC[C@@H]3C[C@@H]32)sc1C(=O)C(C)C. The van der Waals surface area contributed by atoms with E-state index in [2.05, 4.69) is 9.88 Å². The molecule has 0 N–H and O–H groups in total. The molecular weight excluding hydrogens is 232 g/mol. The van der Waals surface area contributed by atoms with E-state index in [1.807, 2.05) is 20.8 Å². The highest BCUT2D eigenvalue weighted by molar-refractivity contribution is 7.17. The van der Waals surface area contributed by atoms with Crippen molar-refractivity contribution in [2.24, 2.45) is 11.8 Å². The fourth-order valence-corrected chi connectivity index (χ4v) is 3.87. The van der Waals surface area contributed by atoms with Crippen LogP contribution in [0.2, 0.25) is 0 Å². The van der Waals surface area contributed by atoms with Crippen LogP contribution in [0.15, 0.2) is 0 Å². The lowest BCUT2D eigenvalue weighted by atomic mass is 10.1. The van der Waals surface area contributed by atoms with Crippen LogP contribution in [-0.2, 0) is 0 Å². The first-order chi connectivity index (χ1) is 8.08. The van der Waals surface area contributed by atoms with E-state index in [1.165, 1.54) is 12.8 Å². The Balaban J connectivity index is 1.87. The zero-order chi connectivity index (χ0) is 12.2. The summed E-state index contributed by atoms with van der Waals surface area (Å²) in [6, 6.07) is 0.725. The average molecular weight is 250 g/mol. The van der Waals surface area contributed by atoms with Crippen LogP contribution in [0.5, 0.6) is 0 Å². The van der Waals surface area contributed by atoms with Crippen LogP contribution in [0, 0.1) is 18.8 Å². The number of Topliss-reactive ketones (excluding diaryl/α,β-unsaturated/α-hetero) is 1. The van der Waals surface area contributed by atoms with Crippen molar-refractivity contribution >= 4 is 22.3 Å². The van der Waals surface area contributed by atoms with E-state index in [-0.39, 0.29) is 11.7 Å². The molecule has 0 aromatic carbocycles. The summed E-state index contributed by atoms with van der Waals surface area (Å²) in [6.45, 7) is 6.98. The van der Waals surface area contributed by atoms with Gasteiger partial charge < -0.3 is 4.90 Å². The summed E-state index contributed by atoms with van der Waals surface area (Å²) in [7, 11) is 0. The first-order valence-electron chi connectivity index (χ1n) is 6.36. The molecule has 1 aliphatic carbocycles. The van der Waals surface area contributed by atoms with E-state index in [0.29, 0.717) is 0 Å². The summed E-state index contributed by atoms with van der Waals surface area (Å²) in [5, 5.41) is 1.07. The van der Waals surface area contributed by atoms with Crippen LogP contribution in [0.1, 0.15) is 42.1 Å². The van der Waals surface area contributed by atoms with Gasteiger partial charge >= 0.3 is 0 Å². The molecule has 92 valence electrons. The number of aromatic nitrogens is 1. The fraction of sp³-hybridized carbons (Fsp3) is 0.692. The van der Waals surface area contributed by atoms with Crippen molar-refractivity contribution in [1.82, 2.24) is 4.98 Å². The van der Waals surface area contributed by atoms with E-state index < -0.39 is 0 Å². The van der Waals surface area contributed by atoms with E-state index >= 15 is 0 Å². The van der Waals surface area contributed by atoms with Crippen LogP contribution in [-0.4, -0.2) is 23.4 Å². The molecule has 0 radical (unpaired) electrons. The van der Waals surface area contributed by atoms with Gasteiger partial charge in [-0.3, -0.25) is 4.79 Å². The Morgan fingerprint density at radius 2 is 2.29 bits per heavy atom. The molecule has 1 aromatic rings. The van der Waals surface area contributed by atoms with Gasteiger partial charge in [-0.15, -0.1) is 0 Å². The second-order valence-electron chi connectivity index (χ2n) is 5.48. The molecule has 4 heteroatoms. The van der Waals surface area contributed by atoms with Crippen molar-refractivity contribution in [3.8, 4) is 0 Å². The average Bonchev–Trinajstić information content (AvgIpc) is 2.78. The second-order valence-corrected chi connectivity index (χ2v) is 6.45. The van der Waals surface area contributed by atoms with Crippen LogP contribution < -0.4 is 4.90 Å². The number of aryl methyl sites for hydroxylation is 1. The summed E-state index contributed by atoms with van der Waals surface area (Å²) in [5.41, 5.74) is 0.910. The highest BCUT2D eigenvalue weighted by atomic mass is 32.1. The minimum absolute atomic E-state index is 0.0641. The Hall–Kier alpha value is -0.900. The lowest BCUT2D eigenvalue weighted by Gasteiger charge is -2.15. The predicted molar refractivity (Wildman–Crippen MR) is 69.9 cm³/mol. The van der Waals surface area contributed by atoms with Gasteiger partial charge in [0.25, 0.3) is 0 Å². The Kier molecular flexibility index (Phi) is 2.51. The summed E-state index contributed by atoms with van der Waals surface area (Å²) in [5.74, 6) is 1.20. The number of thiazole rings is 1. The number of nitrogens with zero attached hydrogens (tertiary/aromatic N) is 2. The standard InChI is InChI=1S/C13H18N2OS/c1-7(2)11(16)12-8(3)14-13(17-12)15-5-4-9-6-10(9)15/h7,9-10H,4-6H2,1-3H3/t9-,10+/m1/s1. The summed E-state index contributed by atoms with van der Waals surface area (Å²) < 4.78 is 0. The molecule has 17 heavy (non-hydrogen) atoms. The minimum Gasteiger partial charge on any atom is -0.345 e. The number of rotatable bonds is 3. The number of piperidine rings is 1. The third-order valence-corrected chi connectivity index (χ3v) is 5.01. The molecule has 3 rings (SSSR count). The smallest absolute Gasteiger partial charge is 0.186 e. The van der Waals surface area contributed by atoms with E-state index in [1.54, 1.807) is 11.3 Å². The van der Waals surface area contributed by atoms with Crippen molar-refractivity contribution in [1.29, 1.82) is 0 Å². The largest absolute Gasteiger partial charge is 0.345 e. The minimum atomic E-state index is 0.0641. The number of carbonyl (C=O) groups is 1. The zero-order valence-electron chi connectivity index (χ0n) is 10.6. The molecular formula is C13H18N2OS. The first-order valence-corrected chi connectivity index (χ1v) is 7.18. The molecule has 0 spiro atoms. The summed E-state index contributed by atoms with van der Waals surface area (Å²) in [4.78, 5) is 19.9. The predicted octanol–water partition coefficient (Wildman–Crippen LogP) is 2.89.